The zero-order chi connectivity index (χ0) is 22.3. The first-order chi connectivity index (χ1) is 15.4. The Bertz CT molecular complexity index is 1260. The quantitative estimate of drug-likeness (QED) is 0.640. The zero-order valence-corrected chi connectivity index (χ0v) is 18.9. The average Bonchev–Trinajstić information content (AvgIpc) is 3.45. The first-order valence-corrected chi connectivity index (χ1v) is 12.6. The molecule has 2 aliphatic rings. The summed E-state index contributed by atoms with van der Waals surface area (Å²) in [4.78, 5) is 13.2. The first kappa shape index (κ1) is 21.1. The molecule has 1 N–H and O–H groups in total. The van der Waals surface area contributed by atoms with E-state index in [2.05, 4.69) is 15.5 Å². The highest BCUT2D eigenvalue weighted by molar-refractivity contribution is 7.89. The molecule has 1 fully saturated rings. The van der Waals surface area contributed by atoms with E-state index >= 15 is 0 Å². The third-order valence-corrected chi connectivity index (χ3v) is 8.51. The molecular weight excluding hydrogens is 426 g/mol. The number of sulfonamides is 1. The fourth-order valence-electron chi connectivity index (χ4n) is 4.77. The smallest absolute Gasteiger partial charge is 0.243 e. The predicted molar refractivity (Wildman–Crippen MR) is 119 cm³/mol. The molecule has 0 saturated carbocycles. The van der Waals surface area contributed by atoms with Gasteiger partial charge >= 0.3 is 0 Å². The maximum Gasteiger partial charge on any atom is 0.243 e. The van der Waals surface area contributed by atoms with Crippen LogP contribution in [-0.2, 0) is 27.7 Å². The number of rotatable bonds is 5. The topological polar surface area (TPSA) is 96.7 Å². The second kappa shape index (κ2) is 8.29. The number of piperidine rings is 1. The lowest BCUT2D eigenvalue weighted by Crippen LogP contribution is -2.43. The Balaban J connectivity index is 1.22. The highest BCUT2D eigenvalue weighted by Gasteiger charge is 2.33. The molecule has 168 valence electrons. The second-order valence-electron chi connectivity index (χ2n) is 8.68. The number of aromatic nitrogens is 3. The number of carbonyl (C=O) groups excluding carboxylic acids is 1. The van der Waals surface area contributed by atoms with Gasteiger partial charge in [-0.25, -0.2) is 8.42 Å². The molecule has 0 bridgehead atoms. The van der Waals surface area contributed by atoms with E-state index in [9.17, 15) is 13.2 Å². The van der Waals surface area contributed by atoms with Crippen LogP contribution in [-0.4, -0.2) is 46.3 Å². The van der Waals surface area contributed by atoms with Crippen LogP contribution in [0.25, 0.3) is 5.65 Å². The van der Waals surface area contributed by atoms with Crippen LogP contribution in [0.5, 0.6) is 0 Å². The van der Waals surface area contributed by atoms with E-state index in [4.69, 9.17) is 0 Å². The minimum atomic E-state index is -3.54. The molecule has 3 aromatic rings. The number of hydrogen-bond donors (Lipinski definition) is 1. The number of amides is 1. The maximum atomic E-state index is 13.1. The van der Waals surface area contributed by atoms with Gasteiger partial charge in [-0.05, 0) is 74.4 Å². The monoisotopic (exact) mass is 453 g/mol. The third-order valence-electron chi connectivity index (χ3n) is 6.62. The number of fused-ring (bicyclic) bond motifs is 2. The van der Waals surface area contributed by atoms with E-state index in [0.29, 0.717) is 36.7 Å². The zero-order valence-electron chi connectivity index (χ0n) is 18.1. The molecule has 8 nitrogen and oxygen atoms in total. The van der Waals surface area contributed by atoms with Gasteiger partial charge in [-0.2, -0.15) is 4.31 Å². The highest BCUT2D eigenvalue weighted by atomic mass is 32.2. The molecule has 9 heteroatoms. The molecule has 1 saturated heterocycles. The normalized spacial score (nSPS) is 18.5. The Morgan fingerprint density at radius 1 is 1.09 bits per heavy atom. The molecular formula is C23H27N5O3S. The number of nitrogens with zero attached hydrogens (tertiary/aromatic N) is 4. The Kier molecular flexibility index (Phi) is 5.46. The van der Waals surface area contributed by atoms with Crippen molar-refractivity contribution in [2.75, 3.05) is 13.1 Å². The van der Waals surface area contributed by atoms with Crippen LogP contribution >= 0.6 is 0 Å². The van der Waals surface area contributed by atoms with E-state index < -0.39 is 10.0 Å². The van der Waals surface area contributed by atoms with E-state index in [1.807, 2.05) is 47.9 Å². The lowest BCUT2D eigenvalue weighted by molar-refractivity contribution is -0.126. The summed E-state index contributed by atoms with van der Waals surface area (Å²) >= 11 is 0. The van der Waals surface area contributed by atoms with Gasteiger partial charge in [-0.3, -0.25) is 9.20 Å². The van der Waals surface area contributed by atoms with E-state index in [0.717, 1.165) is 30.5 Å². The largest absolute Gasteiger partial charge is 0.346 e. The number of benzene rings is 1. The van der Waals surface area contributed by atoms with Crippen LogP contribution in [0.3, 0.4) is 0 Å². The van der Waals surface area contributed by atoms with Crippen molar-refractivity contribution in [3.8, 4) is 0 Å². The van der Waals surface area contributed by atoms with E-state index in [-0.39, 0.29) is 17.9 Å². The summed E-state index contributed by atoms with van der Waals surface area (Å²) in [6.45, 7) is 2.58. The third kappa shape index (κ3) is 3.80. The van der Waals surface area contributed by atoms with Gasteiger partial charge in [-0.1, -0.05) is 12.1 Å². The van der Waals surface area contributed by atoms with Crippen LogP contribution in [0, 0.1) is 5.92 Å². The SMILES string of the molecule is CC(NC(=O)C1CCN(S(=O)(=O)c2ccc3c(c2)CCC3)CC1)c1nnc2ccccn12. The van der Waals surface area contributed by atoms with Gasteiger partial charge in [0.05, 0.1) is 10.9 Å². The van der Waals surface area contributed by atoms with Gasteiger partial charge in [0.25, 0.3) is 0 Å². The number of aryl methyl sites for hydroxylation is 2. The lowest BCUT2D eigenvalue weighted by Gasteiger charge is -2.31. The Labute approximate surface area is 187 Å². The fourth-order valence-corrected chi connectivity index (χ4v) is 6.29. The minimum absolute atomic E-state index is 0.0697. The van der Waals surface area contributed by atoms with E-state index in [1.165, 1.54) is 9.87 Å². The summed E-state index contributed by atoms with van der Waals surface area (Å²) in [6.07, 6.45) is 5.93. The van der Waals surface area contributed by atoms with E-state index in [1.54, 1.807) is 6.07 Å². The van der Waals surface area contributed by atoms with Gasteiger partial charge in [0.15, 0.2) is 11.5 Å². The van der Waals surface area contributed by atoms with Gasteiger partial charge in [0, 0.05) is 25.2 Å². The Hall–Kier alpha value is -2.78. The van der Waals surface area contributed by atoms with Gasteiger partial charge in [0.1, 0.15) is 0 Å². The molecule has 2 aromatic heterocycles. The summed E-state index contributed by atoms with van der Waals surface area (Å²) in [6, 6.07) is 10.9. The number of carbonyl (C=O) groups is 1. The molecule has 0 spiro atoms. The van der Waals surface area contributed by atoms with Crippen LogP contribution in [0.2, 0.25) is 0 Å². The predicted octanol–water partition coefficient (Wildman–Crippen LogP) is 2.50. The number of hydrogen-bond acceptors (Lipinski definition) is 5. The van der Waals surface area contributed by atoms with Crippen molar-refractivity contribution < 1.29 is 13.2 Å². The van der Waals surface area contributed by atoms with Crippen molar-refractivity contribution in [2.45, 2.75) is 50.0 Å². The molecule has 1 aliphatic carbocycles. The second-order valence-corrected chi connectivity index (χ2v) is 10.6. The summed E-state index contributed by atoms with van der Waals surface area (Å²) in [5.74, 6) is 0.383. The average molecular weight is 454 g/mol. The highest BCUT2D eigenvalue weighted by Crippen LogP contribution is 2.29. The summed E-state index contributed by atoms with van der Waals surface area (Å²) in [5.41, 5.74) is 3.14. The summed E-state index contributed by atoms with van der Waals surface area (Å²) < 4.78 is 29.6. The molecule has 1 amide bonds. The maximum absolute atomic E-state index is 13.1. The first-order valence-electron chi connectivity index (χ1n) is 11.2. The van der Waals surface area contributed by atoms with Crippen LogP contribution in [0.15, 0.2) is 47.5 Å². The fraction of sp³-hybridized carbons (Fsp3) is 0.435. The molecule has 32 heavy (non-hydrogen) atoms. The molecule has 5 rings (SSSR count). The van der Waals surface area contributed by atoms with Crippen molar-refractivity contribution in [3.63, 3.8) is 0 Å². The van der Waals surface area contributed by atoms with Crippen LogP contribution < -0.4 is 5.32 Å². The molecule has 0 radical (unpaired) electrons. The van der Waals surface area contributed by atoms with Crippen LogP contribution in [0.1, 0.15) is 49.2 Å². The van der Waals surface area contributed by atoms with Gasteiger partial charge in [0.2, 0.25) is 15.9 Å². The Morgan fingerprint density at radius 3 is 2.69 bits per heavy atom. The van der Waals surface area contributed by atoms with Crippen molar-refractivity contribution in [3.05, 3.63) is 59.5 Å². The van der Waals surface area contributed by atoms with Gasteiger partial charge < -0.3 is 5.32 Å². The van der Waals surface area contributed by atoms with Crippen molar-refractivity contribution in [1.82, 2.24) is 24.2 Å². The minimum Gasteiger partial charge on any atom is -0.346 e. The van der Waals surface area contributed by atoms with Crippen molar-refractivity contribution in [2.24, 2.45) is 5.92 Å². The summed E-state index contributed by atoms with van der Waals surface area (Å²) in [7, 11) is -3.54. The number of pyridine rings is 1. The Morgan fingerprint density at radius 2 is 1.88 bits per heavy atom. The van der Waals surface area contributed by atoms with Crippen molar-refractivity contribution >= 4 is 21.6 Å². The molecule has 1 unspecified atom stereocenters. The molecule has 3 heterocycles. The lowest BCUT2D eigenvalue weighted by atomic mass is 9.97. The van der Waals surface area contributed by atoms with Gasteiger partial charge in [-0.15, -0.1) is 10.2 Å². The molecule has 1 atom stereocenters. The molecule has 1 aromatic carbocycles. The van der Waals surface area contributed by atoms with Crippen LogP contribution in [0.4, 0.5) is 0 Å². The standard InChI is InChI=1S/C23H27N5O3S/c1-16(22-26-25-21-7-2-3-12-28(21)22)24-23(29)18-10-13-27(14-11-18)32(30,31)20-9-8-17-5-4-6-19(17)15-20/h2-3,7-9,12,15-16,18H,4-6,10-11,13-14H2,1H3,(H,24,29). The molecule has 1 aliphatic heterocycles. The summed E-state index contributed by atoms with van der Waals surface area (Å²) in [5, 5.41) is 11.4. The van der Waals surface area contributed by atoms with Crippen molar-refractivity contribution in [1.29, 1.82) is 0 Å². The number of nitrogens with one attached hydrogen (secondary N) is 1.